The first-order valence-electron chi connectivity index (χ1n) is 17.2. The summed E-state index contributed by atoms with van der Waals surface area (Å²) in [5, 5.41) is 0. The average molecular weight is 694 g/mol. The average Bonchev–Trinajstić information content (AvgIpc) is 3.44. The van der Waals surface area contributed by atoms with E-state index in [-0.39, 0.29) is 36.4 Å². The molecule has 50 heavy (non-hydrogen) atoms. The maximum Gasteiger partial charge on any atom is 0.254 e. The van der Waals surface area contributed by atoms with Crippen molar-refractivity contribution in [3.05, 3.63) is 88.9 Å². The predicted molar refractivity (Wildman–Crippen MR) is 200 cm³/mol. The van der Waals surface area contributed by atoms with Gasteiger partial charge in [-0.3, -0.25) is 14.5 Å². The van der Waals surface area contributed by atoms with Crippen LogP contribution in [0.5, 0.6) is 5.88 Å². The van der Waals surface area contributed by atoms with Crippen molar-refractivity contribution in [1.29, 1.82) is 0 Å². The number of carbonyl (C=O) groups excluding carboxylic acids is 1. The number of aromatic nitrogens is 5. The van der Waals surface area contributed by atoms with Crippen LogP contribution in [-0.2, 0) is 17.8 Å². The number of anilines is 1. The summed E-state index contributed by atoms with van der Waals surface area (Å²) in [6.07, 6.45) is 2.48. The van der Waals surface area contributed by atoms with Crippen molar-refractivity contribution in [3.63, 3.8) is 0 Å². The Labute approximate surface area is 299 Å². The van der Waals surface area contributed by atoms with E-state index in [0.29, 0.717) is 42.7 Å². The first-order valence-corrected chi connectivity index (χ1v) is 18.0. The molecule has 1 amide bonds. The first-order chi connectivity index (χ1) is 23.9. The molecular weight excluding hydrogens is 647 g/mol. The van der Waals surface area contributed by atoms with Gasteiger partial charge in [0.2, 0.25) is 11.8 Å². The van der Waals surface area contributed by atoms with E-state index in [2.05, 4.69) is 82.0 Å². The lowest BCUT2D eigenvalue weighted by Gasteiger charge is -2.35. The third kappa shape index (κ3) is 7.94. The molecule has 5 aromatic rings. The summed E-state index contributed by atoms with van der Waals surface area (Å²) in [7, 11) is 1.70. The SMILES string of the molecule is COCCn1c(C(C)C)cc2ncc(CN3C(=O)c4cccc(c4)SNc4nc(cc(-c5c(C)cccc5C)n4)OC[C@H]3CC(C)(C)C)nc21. The van der Waals surface area contributed by atoms with E-state index in [4.69, 9.17) is 29.4 Å². The molecule has 0 saturated heterocycles. The standard InChI is InChI=1S/C39H47N7O3S/c1-24(2)33-18-32-36(45(33)15-16-48-8)41-28(21-40-32)22-46-29(20-39(5,6)7)23-49-34-19-31(35-25(3)11-9-12-26(35)4)42-38(43-34)44-50-30-14-10-13-27(17-30)37(46)47/h9-14,17-19,21,24,29H,15-16,20,22-23H2,1-8H3,(H,42,43,44)/t29-/m1/s1. The van der Waals surface area contributed by atoms with Crippen molar-refractivity contribution in [3.8, 4) is 17.1 Å². The molecule has 3 aromatic heterocycles. The topological polar surface area (TPSA) is 107 Å². The second kappa shape index (κ2) is 14.8. The van der Waals surface area contributed by atoms with Gasteiger partial charge in [-0.25, -0.2) is 9.97 Å². The van der Waals surface area contributed by atoms with E-state index in [1.54, 1.807) is 13.3 Å². The molecule has 11 heteroatoms. The Morgan fingerprint density at radius 1 is 1.04 bits per heavy atom. The number of hydrogen-bond donors (Lipinski definition) is 1. The van der Waals surface area contributed by atoms with Crippen LogP contribution in [0.4, 0.5) is 5.95 Å². The molecular formula is C39H47N7O3S. The van der Waals surface area contributed by atoms with Crippen molar-refractivity contribution in [1.82, 2.24) is 29.4 Å². The quantitative estimate of drug-likeness (QED) is 0.161. The summed E-state index contributed by atoms with van der Waals surface area (Å²) in [6, 6.07) is 17.6. The Bertz CT molecular complexity index is 1980. The number of methoxy groups -OCH3 is 1. The third-order valence-electron chi connectivity index (χ3n) is 8.88. The van der Waals surface area contributed by atoms with E-state index in [1.807, 2.05) is 35.2 Å². The van der Waals surface area contributed by atoms with Gasteiger partial charge in [0.25, 0.3) is 5.91 Å². The van der Waals surface area contributed by atoms with Crippen LogP contribution in [-0.4, -0.2) is 61.7 Å². The first kappa shape index (κ1) is 35.3. The van der Waals surface area contributed by atoms with E-state index < -0.39 is 0 Å². The minimum atomic E-state index is -0.307. The molecule has 4 bridgehead atoms. The van der Waals surface area contributed by atoms with Gasteiger partial charge in [0.1, 0.15) is 12.1 Å². The molecule has 0 spiro atoms. The van der Waals surface area contributed by atoms with Gasteiger partial charge in [-0.1, -0.05) is 58.9 Å². The van der Waals surface area contributed by atoms with Crippen LogP contribution in [0, 0.1) is 19.3 Å². The Morgan fingerprint density at radius 2 is 1.80 bits per heavy atom. The fraction of sp³-hybridized carbons (Fsp3) is 0.410. The number of carbonyl (C=O) groups is 1. The van der Waals surface area contributed by atoms with E-state index in [0.717, 1.165) is 44.1 Å². The number of ether oxygens (including phenoxy) is 2. The van der Waals surface area contributed by atoms with Crippen molar-refractivity contribution in [2.75, 3.05) is 25.0 Å². The van der Waals surface area contributed by atoms with Crippen molar-refractivity contribution in [2.24, 2.45) is 5.41 Å². The largest absolute Gasteiger partial charge is 0.475 e. The van der Waals surface area contributed by atoms with Crippen LogP contribution in [0.2, 0.25) is 0 Å². The highest BCUT2D eigenvalue weighted by molar-refractivity contribution is 8.00. The second-order valence-electron chi connectivity index (χ2n) is 14.5. The summed E-state index contributed by atoms with van der Waals surface area (Å²) in [4.78, 5) is 37.0. The van der Waals surface area contributed by atoms with E-state index in [1.165, 1.54) is 11.9 Å². The van der Waals surface area contributed by atoms with Crippen LogP contribution in [0.15, 0.2) is 65.7 Å². The predicted octanol–water partition coefficient (Wildman–Crippen LogP) is 8.23. The van der Waals surface area contributed by atoms with Crippen LogP contribution in [0.3, 0.4) is 0 Å². The lowest BCUT2D eigenvalue weighted by atomic mass is 9.87. The van der Waals surface area contributed by atoms with Crippen molar-refractivity contribution >= 4 is 35.0 Å². The smallest absolute Gasteiger partial charge is 0.254 e. The Kier molecular flexibility index (Phi) is 10.5. The Morgan fingerprint density at radius 3 is 2.52 bits per heavy atom. The molecule has 262 valence electrons. The number of fused-ring (bicyclic) bond motifs is 5. The molecule has 0 saturated carbocycles. The highest BCUT2D eigenvalue weighted by Crippen LogP contribution is 2.33. The zero-order valence-electron chi connectivity index (χ0n) is 30.3. The third-order valence-corrected chi connectivity index (χ3v) is 9.65. The molecule has 0 radical (unpaired) electrons. The minimum Gasteiger partial charge on any atom is -0.475 e. The van der Waals surface area contributed by atoms with Crippen LogP contribution in [0.25, 0.3) is 22.4 Å². The molecule has 2 aromatic carbocycles. The molecule has 1 N–H and O–H groups in total. The fourth-order valence-electron chi connectivity index (χ4n) is 6.58. The highest BCUT2D eigenvalue weighted by Gasteiger charge is 2.31. The van der Waals surface area contributed by atoms with Gasteiger partial charge < -0.3 is 18.9 Å². The van der Waals surface area contributed by atoms with Crippen LogP contribution < -0.4 is 9.46 Å². The summed E-state index contributed by atoms with van der Waals surface area (Å²) >= 11 is 1.36. The molecule has 1 atom stereocenters. The number of hydrogen-bond acceptors (Lipinski definition) is 9. The number of nitrogens with zero attached hydrogens (tertiary/aromatic N) is 6. The summed E-state index contributed by atoms with van der Waals surface area (Å²) in [6.45, 7) is 16.8. The summed E-state index contributed by atoms with van der Waals surface area (Å²) in [5.74, 6) is 1.07. The van der Waals surface area contributed by atoms with Gasteiger partial charge in [-0.05, 0) is 78.9 Å². The fourth-order valence-corrected chi connectivity index (χ4v) is 7.21. The highest BCUT2D eigenvalue weighted by atomic mass is 32.2. The van der Waals surface area contributed by atoms with E-state index in [9.17, 15) is 4.79 Å². The van der Waals surface area contributed by atoms with Gasteiger partial charge in [-0.2, -0.15) is 4.98 Å². The normalized spacial score (nSPS) is 15.3. The number of benzene rings is 2. The maximum atomic E-state index is 14.6. The van der Waals surface area contributed by atoms with Gasteiger partial charge in [0, 0.05) is 41.4 Å². The van der Waals surface area contributed by atoms with Gasteiger partial charge in [0.15, 0.2) is 5.65 Å². The second-order valence-corrected chi connectivity index (χ2v) is 15.4. The van der Waals surface area contributed by atoms with Crippen LogP contribution >= 0.6 is 11.9 Å². The molecule has 6 rings (SSSR count). The number of aryl methyl sites for hydroxylation is 2. The lowest BCUT2D eigenvalue weighted by molar-refractivity contribution is 0.0509. The van der Waals surface area contributed by atoms with Crippen molar-refractivity contribution in [2.45, 2.75) is 84.8 Å². The monoisotopic (exact) mass is 693 g/mol. The summed E-state index contributed by atoms with van der Waals surface area (Å²) < 4.78 is 17.5. The number of nitrogens with one attached hydrogen (secondary N) is 1. The molecule has 1 aliphatic heterocycles. The molecule has 10 nitrogen and oxygen atoms in total. The minimum absolute atomic E-state index is 0.0990. The molecule has 0 fully saturated rings. The number of rotatable bonds is 8. The van der Waals surface area contributed by atoms with Gasteiger partial charge in [0.05, 0.1) is 36.8 Å². The Hall–Kier alpha value is -4.48. The molecule has 0 unspecified atom stereocenters. The number of amides is 1. The zero-order valence-corrected chi connectivity index (χ0v) is 31.1. The van der Waals surface area contributed by atoms with E-state index >= 15 is 0 Å². The zero-order chi connectivity index (χ0) is 35.6. The summed E-state index contributed by atoms with van der Waals surface area (Å²) in [5.41, 5.74) is 8.01. The van der Waals surface area contributed by atoms with Gasteiger partial charge >= 0.3 is 0 Å². The van der Waals surface area contributed by atoms with Gasteiger partial charge in [-0.15, -0.1) is 0 Å². The lowest BCUT2D eigenvalue weighted by Crippen LogP contribution is -2.45. The molecule has 1 aliphatic rings. The maximum absolute atomic E-state index is 14.6. The van der Waals surface area contributed by atoms with Crippen LogP contribution in [0.1, 0.15) is 79.8 Å². The molecule has 0 aliphatic carbocycles. The van der Waals surface area contributed by atoms with Crippen molar-refractivity contribution < 1.29 is 14.3 Å². The Balaban J connectivity index is 1.44. The molecule has 4 heterocycles.